The summed E-state index contributed by atoms with van der Waals surface area (Å²) >= 11 is 3.19. The first-order valence-corrected chi connectivity index (χ1v) is 5.46. The minimum atomic E-state index is -1.06. The summed E-state index contributed by atoms with van der Waals surface area (Å²) in [4.78, 5) is 22.7. The Morgan fingerprint density at radius 3 is 2.47 bits per heavy atom. The van der Waals surface area contributed by atoms with Gasteiger partial charge in [0.2, 0.25) is 0 Å². The summed E-state index contributed by atoms with van der Waals surface area (Å²) < 4.78 is 0.673. The van der Waals surface area contributed by atoms with Gasteiger partial charge >= 0.3 is 5.97 Å². The zero-order chi connectivity index (χ0) is 11.0. The fourth-order valence-electron chi connectivity index (χ4n) is 1.47. The maximum atomic E-state index is 11.8. The van der Waals surface area contributed by atoms with E-state index in [0.717, 1.165) is 12.8 Å². The summed E-state index contributed by atoms with van der Waals surface area (Å²) in [6.45, 7) is 0. The van der Waals surface area contributed by atoms with Gasteiger partial charge in [-0.1, -0.05) is 15.9 Å². The van der Waals surface area contributed by atoms with Crippen LogP contribution in [0.2, 0.25) is 0 Å². The molecule has 0 amide bonds. The van der Waals surface area contributed by atoms with Gasteiger partial charge < -0.3 is 5.11 Å². The number of ketones is 1. The lowest BCUT2D eigenvalue weighted by Crippen LogP contribution is -2.09. The molecule has 78 valence electrons. The van der Waals surface area contributed by atoms with Crippen molar-refractivity contribution >= 4 is 27.7 Å². The molecule has 1 aliphatic rings. The molecule has 0 aromatic heterocycles. The smallest absolute Gasteiger partial charge is 0.336 e. The van der Waals surface area contributed by atoms with Crippen molar-refractivity contribution in [3.05, 3.63) is 33.8 Å². The fourth-order valence-corrected chi connectivity index (χ4v) is 1.83. The van der Waals surface area contributed by atoms with Gasteiger partial charge in [-0.3, -0.25) is 4.79 Å². The van der Waals surface area contributed by atoms with E-state index in [1.807, 2.05) is 0 Å². The maximum absolute atomic E-state index is 11.8. The number of carboxylic acid groups (broad SMARTS) is 1. The normalized spacial score (nSPS) is 15.0. The molecule has 0 saturated heterocycles. The Balaban J connectivity index is 2.44. The van der Waals surface area contributed by atoms with Gasteiger partial charge in [-0.25, -0.2) is 4.79 Å². The third-order valence-corrected chi connectivity index (χ3v) is 2.92. The second kappa shape index (κ2) is 3.77. The summed E-state index contributed by atoms with van der Waals surface area (Å²) in [5, 5.41) is 8.97. The highest BCUT2D eigenvalue weighted by atomic mass is 79.9. The highest BCUT2D eigenvalue weighted by Gasteiger charge is 2.32. The molecule has 15 heavy (non-hydrogen) atoms. The predicted octanol–water partition coefficient (Wildman–Crippen LogP) is 2.74. The van der Waals surface area contributed by atoms with Crippen molar-refractivity contribution in [2.24, 2.45) is 5.92 Å². The lowest BCUT2D eigenvalue weighted by Gasteiger charge is -2.04. The molecule has 0 spiro atoms. The summed E-state index contributed by atoms with van der Waals surface area (Å²) in [6.07, 6.45) is 1.77. The van der Waals surface area contributed by atoms with Crippen LogP contribution in [0.1, 0.15) is 33.6 Å². The first-order valence-electron chi connectivity index (χ1n) is 4.66. The number of Topliss-reactive ketones (excluding diaryl/α,β-unsaturated/α-hetero) is 1. The van der Waals surface area contributed by atoms with Gasteiger partial charge in [0.25, 0.3) is 0 Å². The average Bonchev–Trinajstić information content (AvgIpc) is 2.99. The molecule has 1 aliphatic carbocycles. The van der Waals surface area contributed by atoms with Gasteiger partial charge in [0.15, 0.2) is 5.78 Å². The van der Waals surface area contributed by atoms with Crippen molar-refractivity contribution in [2.45, 2.75) is 12.8 Å². The predicted molar refractivity (Wildman–Crippen MR) is 58.2 cm³/mol. The second-order valence-electron chi connectivity index (χ2n) is 3.63. The summed E-state index contributed by atoms with van der Waals surface area (Å²) in [5.41, 5.74) is 0.412. The molecule has 1 fully saturated rings. The summed E-state index contributed by atoms with van der Waals surface area (Å²) in [7, 11) is 0. The highest BCUT2D eigenvalue weighted by molar-refractivity contribution is 9.10. The van der Waals surface area contributed by atoms with E-state index in [9.17, 15) is 9.59 Å². The van der Waals surface area contributed by atoms with E-state index in [1.165, 1.54) is 6.07 Å². The molecule has 1 N–H and O–H groups in total. The molecule has 0 radical (unpaired) electrons. The van der Waals surface area contributed by atoms with Gasteiger partial charge in [-0.15, -0.1) is 0 Å². The first kappa shape index (κ1) is 10.4. The van der Waals surface area contributed by atoms with E-state index >= 15 is 0 Å². The van der Waals surface area contributed by atoms with E-state index in [-0.39, 0.29) is 17.3 Å². The minimum Gasteiger partial charge on any atom is -0.478 e. The maximum Gasteiger partial charge on any atom is 0.336 e. The molecule has 4 heteroatoms. The Labute approximate surface area is 95.2 Å². The van der Waals surface area contributed by atoms with Gasteiger partial charge in [-0.2, -0.15) is 0 Å². The number of carbonyl (C=O) groups excluding carboxylic acids is 1. The van der Waals surface area contributed by atoms with Crippen molar-refractivity contribution in [3.63, 3.8) is 0 Å². The van der Waals surface area contributed by atoms with E-state index in [2.05, 4.69) is 15.9 Å². The molecule has 0 atom stereocenters. The van der Waals surface area contributed by atoms with Crippen molar-refractivity contribution in [2.75, 3.05) is 0 Å². The molecule has 0 aliphatic heterocycles. The quantitative estimate of drug-likeness (QED) is 0.858. The Hall–Kier alpha value is -1.16. The zero-order valence-electron chi connectivity index (χ0n) is 7.87. The minimum absolute atomic E-state index is 0.0418. The fraction of sp³-hybridized carbons (Fsp3) is 0.273. The Morgan fingerprint density at radius 2 is 1.93 bits per heavy atom. The van der Waals surface area contributed by atoms with Crippen LogP contribution in [0.4, 0.5) is 0 Å². The SMILES string of the molecule is O=C(O)c1cc(Br)ccc1C(=O)C1CC1. The summed E-state index contributed by atoms with van der Waals surface area (Å²) in [6, 6.07) is 4.74. The summed E-state index contributed by atoms with van der Waals surface area (Å²) in [5.74, 6) is -1.05. The van der Waals surface area contributed by atoms with Gasteiger partial charge in [0, 0.05) is 16.0 Å². The topological polar surface area (TPSA) is 54.4 Å². The third-order valence-electron chi connectivity index (χ3n) is 2.43. The monoisotopic (exact) mass is 268 g/mol. The molecule has 0 heterocycles. The molecule has 1 aromatic rings. The average molecular weight is 269 g/mol. The molecule has 0 bridgehead atoms. The van der Waals surface area contributed by atoms with E-state index in [4.69, 9.17) is 5.11 Å². The van der Waals surface area contributed by atoms with Crippen molar-refractivity contribution in [3.8, 4) is 0 Å². The Morgan fingerprint density at radius 1 is 1.27 bits per heavy atom. The standard InChI is InChI=1S/C11H9BrO3/c12-7-3-4-8(9(5-7)11(14)15)10(13)6-1-2-6/h3-6H,1-2H2,(H,14,15). The van der Waals surface area contributed by atoms with Crippen LogP contribution in [0.15, 0.2) is 22.7 Å². The lowest BCUT2D eigenvalue weighted by molar-refractivity contribution is 0.0691. The third kappa shape index (κ3) is 2.09. The zero-order valence-corrected chi connectivity index (χ0v) is 9.45. The largest absolute Gasteiger partial charge is 0.478 e. The van der Waals surface area contributed by atoms with E-state index < -0.39 is 5.97 Å². The first-order chi connectivity index (χ1) is 7.09. The molecular formula is C11H9BrO3. The number of aromatic carboxylic acids is 1. The highest BCUT2D eigenvalue weighted by Crippen LogP contribution is 2.34. The molecule has 2 rings (SSSR count). The molecule has 1 aromatic carbocycles. The molecule has 3 nitrogen and oxygen atoms in total. The molecular weight excluding hydrogens is 260 g/mol. The Bertz CT molecular complexity index is 435. The van der Waals surface area contributed by atoms with Crippen LogP contribution < -0.4 is 0 Å². The van der Waals surface area contributed by atoms with Crippen molar-refractivity contribution in [1.82, 2.24) is 0 Å². The molecule has 0 unspecified atom stereocenters. The number of carboxylic acids is 1. The van der Waals surface area contributed by atoms with Gasteiger partial charge in [-0.05, 0) is 31.0 Å². The van der Waals surface area contributed by atoms with Crippen LogP contribution in [-0.4, -0.2) is 16.9 Å². The molecule has 1 saturated carbocycles. The lowest BCUT2D eigenvalue weighted by atomic mass is 10.0. The number of halogens is 1. The number of benzene rings is 1. The second-order valence-corrected chi connectivity index (χ2v) is 4.55. The van der Waals surface area contributed by atoms with Crippen LogP contribution in [0.3, 0.4) is 0 Å². The number of hydrogen-bond donors (Lipinski definition) is 1. The van der Waals surface area contributed by atoms with Crippen molar-refractivity contribution < 1.29 is 14.7 Å². The van der Waals surface area contributed by atoms with Crippen LogP contribution in [0.5, 0.6) is 0 Å². The van der Waals surface area contributed by atoms with Crippen molar-refractivity contribution in [1.29, 1.82) is 0 Å². The van der Waals surface area contributed by atoms with Crippen LogP contribution >= 0.6 is 15.9 Å². The van der Waals surface area contributed by atoms with Crippen LogP contribution in [-0.2, 0) is 0 Å². The number of hydrogen-bond acceptors (Lipinski definition) is 2. The number of carbonyl (C=O) groups is 2. The van der Waals surface area contributed by atoms with Gasteiger partial charge in [0.05, 0.1) is 5.56 Å². The van der Waals surface area contributed by atoms with Crippen LogP contribution in [0, 0.1) is 5.92 Å². The van der Waals surface area contributed by atoms with E-state index in [1.54, 1.807) is 12.1 Å². The Kier molecular flexibility index (Phi) is 2.61. The van der Waals surface area contributed by atoms with Gasteiger partial charge in [0.1, 0.15) is 0 Å². The van der Waals surface area contributed by atoms with Crippen LogP contribution in [0.25, 0.3) is 0 Å². The number of rotatable bonds is 3. The van der Waals surface area contributed by atoms with E-state index in [0.29, 0.717) is 10.0 Å².